The molecule has 2 aliphatic heterocycles. The first-order valence-corrected chi connectivity index (χ1v) is 23.3. The summed E-state index contributed by atoms with van der Waals surface area (Å²) >= 11 is -2.07. The Balaban J connectivity index is 0.000000271. The van der Waals surface area contributed by atoms with Gasteiger partial charge in [-0.2, -0.15) is 17.0 Å². The minimum Gasteiger partial charge on any atom is -0.459 e. The number of nitrogens with one attached hydrogen (secondary N) is 1. The molecule has 0 aliphatic carbocycles. The number of rotatable bonds is 11. The van der Waals surface area contributed by atoms with Gasteiger partial charge in [0.25, 0.3) is 11.3 Å². The second-order valence-electron chi connectivity index (χ2n) is 17.5. The molecule has 2 heterocycles. The van der Waals surface area contributed by atoms with E-state index < -0.39 is 106 Å². The minimum absolute atomic E-state index is 0.0433. The van der Waals surface area contributed by atoms with E-state index in [4.69, 9.17) is 37.7 Å². The van der Waals surface area contributed by atoms with E-state index in [1.165, 1.54) is 0 Å². The molecule has 2 N–H and O–H groups in total. The normalized spacial score (nSPS) is 17.9. The molecule has 0 aromatic heterocycles. The molecule has 2 aliphatic rings. The number of amides is 3. The first-order chi connectivity index (χ1) is 31.7. The molecule has 0 bridgehead atoms. The topological polar surface area (TPSA) is 266 Å². The van der Waals surface area contributed by atoms with Gasteiger partial charge in [-0.15, -0.1) is 0 Å². The van der Waals surface area contributed by atoms with Crippen LogP contribution in [0.25, 0.3) is 0 Å². The second kappa shape index (κ2) is 25.3. The molecule has 4 atom stereocenters. The summed E-state index contributed by atoms with van der Waals surface area (Å²) < 4.78 is 76.5. The van der Waals surface area contributed by atoms with E-state index in [-0.39, 0.29) is 30.7 Å². The highest BCUT2D eigenvalue weighted by atomic mass is 32.2. The first kappa shape index (κ1) is 56.2. The average molecular weight is 994 g/mol. The lowest BCUT2D eigenvalue weighted by Gasteiger charge is -2.25. The standard InChI is InChI=1S/C15H19NO7S.C15H19NO6S.C15H21NO5/c1-15(2,3)23-14(18)16-12(10-22-24(16,19)20)13(17)21-9-11-7-5-4-6-8-11;1-15(2,3)22-14(18)16-12(10-21-23(16)19)13(17)20-9-11-7-5-4-6-8-11;1-15(2,3)21-14(19)16-12(9-17)13(18)20-10-11-7-5-4-6-8-11/h4-8,12H,9-10H2,1-3H3;4-8,12H,9-10H2,1-3H3;4-8,12,17H,9-10H2,1-3H3,(H,16,19)/t12-;12-,23?;12-/m111/s1. The maximum absolute atomic E-state index is 12.2. The van der Waals surface area contributed by atoms with Crippen LogP contribution in [0.4, 0.5) is 14.4 Å². The number of ether oxygens (including phenoxy) is 6. The Bertz CT molecular complexity index is 2280. The van der Waals surface area contributed by atoms with E-state index >= 15 is 0 Å². The highest BCUT2D eigenvalue weighted by Gasteiger charge is 2.49. The van der Waals surface area contributed by atoms with Crippen molar-refractivity contribution in [3.8, 4) is 0 Å². The van der Waals surface area contributed by atoms with Crippen LogP contribution in [0, 0.1) is 0 Å². The molecule has 1 unspecified atom stereocenters. The molecule has 2 fully saturated rings. The number of hydrogen-bond acceptors (Lipinski definition) is 18. The second-order valence-corrected chi connectivity index (χ2v) is 20.1. The molecule has 3 aromatic rings. The van der Waals surface area contributed by atoms with Gasteiger partial charge in [-0.25, -0.2) is 33.0 Å². The van der Waals surface area contributed by atoms with Crippen LogP contribution < -0.4 is 5.32 Å². The van der Waals surface area contributed by atoms with Gasteiger partial charge in [0.15, 0.2) is 18.1 Å². The van der Waals surface area contributed by atoms with Gasteiger partial charge < -0.3 is 38.8 Å². The maximum atomic E-state index is 12.2. The van der Waals surface area contributed by atoms with Crippen molar-refractivity contribution in [3.63, 3.8) is 0 Å². The molecule has 3 amide bonds. The number of carbonyl (C=O) groups is 6. The fraction of sp³-hybridized carbons (Fsp3) is 0.467. The summed E-state index contributed by atoms with van der Waals surface area (Å²) in [7, 11) is -4.38. The Kier molecular flexibility index (Phi) is 20.9. The van der Waals surface area contributed by atoms with E-state index in [1.54, 1.807) is 86.6 Å². The number of esters is 3. The Labute approximate surface area is 398 Å². The summed E-state index contributed by atoms with van der Waals surface area (Å²) in [5.74, 6) is -2.29. The average Bonchev–Trinajstić information content (AvgIpc) is 3.81. The van der Waals surface area contributed by atoms with Crippen molar-refractivity contribution in [2.45, 2.75) is 117 Å². The number of hydrogen-bond donors (Lipinski definition) is 2. The fourth-order valence-corrected chi connectivity index (χ4v) is 7.20. The van der Waals surface area contributed by atoms with Crippen LogP contribution in [0.2, 0.25) is 0 Å². The van der Waals surface area contributed by atoms with Gasteiger partial charge in [0.1, 0.15) is 43.2 Å². The van der Waals surface area contributed by atoms with E-state index in [1.807, 2.05) is 66.7 Å². The molecule has 374 valence electrons. The van der Waals surface area contributed by atoms with Gasteiger partial charge in [0, 0.05) is 0 Å². The summed E-state index contributed by atoms with van der Waals surface area (Å²) in [6.07, 6.45) is -2.84. The predicted octanol–water partition coefficient (Wildman–Crippen LogP) is 5.17. The maximum Gasteiger partial charge on any atom is 0.426 e. The Morgan fingerprint density at radius 2 is 1.06 bits per heavy atom. The van der Waals surface area contributed by atoms with Gasteiger partial charge in [0.05, 0.1) is 13.2 Å². The van der Waals surface area contributed by atoms with Crippen LogP contribution >= 0.6 is 0 Å². The van der Waals surface area contributed by atoms with Crippen LogP contribution in [0.3, 0.4) is 0 Å². The van der Waals surface area contributed by atoms with E-state index in [2.05, 4.69) is 9.50 Å². The molecule has 3 aromatic carbocycles. The first-order valence-electron chi connectivity index (χ1n) is 20.9. The molecule has 5 rings (SSSR count). The third kappa shape index (κ3) is 19.6. The van der Waals surface area contributed by atoms with Crippen LogP contribution in [0.1, 0.15) is 79.0 Å². The van der Waals surface area contributed by atoms with E-state index in [9.17, 15) is 41.4 Å². The van der Waals surface area contributed by atoms with E-state index in [0.717, 1.165) is 21.0 Å². The van der Waals surface area contributed by atoms with Gasteiger partial charge in [0.2, 0.25) is 0 Å². The molecule has 23 heteroatoms. The highest BCUT2D eigenvalue weighted by molar-refractivity contribution is 7.85. The van der Waals surface area contributed by atoms with Gasteiger partial charge >= 0.3 is 46.5 Å². The third-order valence-corrected chi connectivity index (χ3v) is 10.6. The molecule has 68 heavy (non-hydrogen) atoms. The molecule has 2 saturated heterocycles. The lowest BCUT2D eigenvalue weighted by molar-refractivity contribution is -0.150. The third-order valence-electron chi connectivity index (χ3n) is 8.19. The van der Waals surface area contributed by atoms with Crippen molar-refractivity contribution in [3.05, 3.63) is 108 Å². The smallest absolute Gasteiger partial charge is 0.426 e. The molecule has 0 radical (unpaired) electrons. The largest absolute Gasteiger partial charge is 0.459 e. The number of alkyl carbamates (subject to hydrolysis) is 1. The van der Waals surface area contributed by atoms with Crippen LogP contribution in [-0.2, 0) is 92.6 Å². The highest BCUT2D eigenvalue weighted by Crippen LogP contribution is 2.24. The minimum atomic E-state index is -4.38. The van der Waals surface area contributed by atoms with Gasteiger partial charge in [-0.05, 0) is 79.0 Å². The summed E-state index contributed by atoms with van der Waals surface area (Å²) in [6.45, 7) is 13.7. The van der Waals surface area contributed by atoms with Crippen LogP contribution in [0.5, 0.6) is 0 Å². The molecule has 21 nitrogen and oxygen atoms in total. The van der Waals surface area contributed by atoms with Crippen molar-refractivity contribution >= 4 is 57.8 Å². The summed E-state index contributed by atoms with van der Waals surface area (Å²) in [5.41, 5.74) is -0.0189. The zero-order valence-electron chi connectivity index (χ0n) is 39.2. The number of carbonyl (C=O) groups excluding carboxylic acids is 6. The van der Waals surface area contributed by atoms with E-state index in [0.29, 0.717) is 0 Å². The van der Waals surface area contributed by atoms with Crippen molar-refractivity contribution in [1.29, 1.82) is 0 Å². The van der Waals surface area contributed by atoms with Crippen molar-refractivity contribution in [2.75, 3.05) is 19.8 Å². The zero-order valence-corrected chi connectivity index (χ0v) is 40.9. The lowest BCUT2D eigenvalue weighted by atomic mass is 10.2. The number of aliphatic hydroxyl groups is 1. The summed E-state index contributed by atoms with van der Waals surface area (Å²) in [5, 5.41) is 11.4. The summed E-state index contributed by atoms with van der Waals surface area (Å²) in [6, 6.07) is 23.5. The predicted molar refractivity (Wildman–Crippen MR) is 242 cm³/mol. The Morgan fingerprint density at radius 3 is 1.49 bits per heavy atom. The summed E-state index contributed by atoms with van der Waals surface area (Å²) in [4.78, 5) is 71.9. The number of aliphatic hydroxyl groups excluding tert-OH is 1. The van der Waals surface area contributed by atoms with Crippen LogP contribution in [-0.4, -0.2) is 117 Å². The Morgan fingerprint density at radius 1 is 0.647 bits per heavy atom. The molecule has 0 saturated carbocycles. The Hall–Kier alpha value is -6.14. The molecule has 0 spiro atoms. The molecular weight excluding hydrogens is 935 g/mol. The van der Waals surface area contributed by atoms with Crippen molar-refractivity contribution in [1.82, 2.24) is 13.9 Å². The SMILES string of the molecule is CC(C)(C)OC(=O)N1[C@@H](C(=O)OCc2ccccc2)COS1(=O)=O.CC(C)(C)OC(=O)N1[C@@H](C(=O)OCc2ccccc2)COS1=O.CC(C)(C)OC(=O)N[C@H](CO)C(=O)OCc1ccccc1. The number of benzene rings is 3. The monoisotopic (exact) mass is 993 g/mol. The fourth-order valence-electron chi connectivity index (χ4n) is 5.24. The van der Waals surface area contributed by atoms with Crippen LogP contribution in [0.15, 0.2) is 91.0 Å². The molecular formula is C45H59N3O18S2. The number of nitrogens with zero attached hydrogens (tertiary/aromatic N) is 2. The van der Waals surface area contributed by atoms with Crippen molar-refractivity contribution in [2.24, 2.45) is 0 Å². The quantitative estimate of drug-likeness (QED) is 0.185. The van der Waals surface area contributed by atoms with Gasteiger partial charge in [-0.1, -0.05) is 91.0 Å². The van der Waals surface area contributed by atoms with Gasteiger partial charge in [-0.3, -0.25) is 8.37 Å². The van der Waals surface area contributed by atoms with Crippen molar-refractivity contribution < 1.29 is 83.3 Å². The zero-order chi connectivity index (χ0) is 50.9. The lowest BCUT2D eigenvalue weighted by Crippen LogP contribution is -2.46.